The first-order valence-electron chi connectivity index (χ1n) is 8.06. The van der Waals surface area contributed by atoms with Gasteiger partial charge < -0.3 is 5.32 Å². The lowest BCUT2D eigenvalue weighted by molar-refractivity contribution is 0.126. The van der Waals surface area contributed by atoms with E-state index in [1.165, 1.54) is 64.3 Å². The highest BCUT2D eigenvalue weighted by atomic mass is 14.9. The van der Waals surface area contributed by atoms with E-state index in [0.29, 0.717) is 0 Å². The molecular weight excluding hydrogens is 206 g/mol. The maximum Gasteiger partial charge on any atom is 0.00683 e. The van der Waals surface area contributed by atoms with Crippen LogP contribution in [-0.2, 0) is 0 Å². The average Bonchev–Trinajstić information content (AvgIpc) is 3.00. The largest absolute Gasteiger partial charge is 0.314 e. The van der Waals surface area contributed by atoms with Crippen molar-refractivity contribution in [2.24, 2.45) is 23.7 Å². The minimum Gasteiger partial charge on any atom is -0.314 e. The Balaban J connectivity index is 1.56. The Kier molecular flexibility index (Phi) is 3.75. The van der Waals surface area contributed by atoms with Crippen molar-refractivity contribution in [2.75, 3.05) is 6.54 Å². The molecule has 0 aliphatic heterocycles. The standard InChI is InChI=1S/C16H29N/c1-12-6-7-14(11-17-15-8-9-15)16(10-12)13-4-2-3-5-13/h12-17H,2-11H2,1H3. The maximum absolute atomic E-state index is 3.79. The first kappa shape index (κ1) is 12.0. The third-order valence-electron chi connectivity index (χ3n) is 5.56. The average molecular weight is 235 g/mol. The highest BCUT2D eigenvalue weighted by Gasteiger charge is 2.36. The van der Waals surface area contributed by atoms with Gasteiger partial charge in [0.25, 0.3) is 0 Å². The van der Waals surface area contributed by atoms with Gasteiger partial charge in [-0.2, -0.15) is 0 Å². The predicted molar refractivity (Wildman–Crippen MR) is 73.0 cm³/mol. The van der Waals surface area contributed by atoms with Crippen LogP contribution in [0.1, 0.15) is 64.7 Å². The van der Waals surface area contributed by atoms with Crippen LogP contribution in [0, 0.1) is 23.7 Å². The van der Waals surface area contributed by atoms with Crippen molar-refractivity contribution >= 4 is 0 Å². The molecule has 0 radical (unpaired) electrons. The lowest BCUT2D eigenvalue weighted by atomic mass is 9.68. The van der Waals surface area contributed by atoms with Crippen LogP contribution >= 0.6 is 0 Å². The van der Waals surface area contributed by atoms with Gasteiger partial charge in [-0.05, 0) is 55.9 Å². The van der Waals surface area contributed by atoms with Gasteiger partial charge in [0.2, 0.25) is 0 Å². The molecule has 3 rings (SSSR count). The topological polar surface area (TPSA) is 12.0 Å². The first-order valence-corrected chi connectivity index (χ1v) is 8.06. The molecule has 0 amide bonds. The fourth-order valence-electron chi connectivity index (χ4n) is 4.31. The van der Waals surface area contributed by atoms with Crippen LogP contribution < -0.4 is 5.32 Å². The van der Waals surface area contributed by atoms with Crippen LogP contribution in [-0.4, -0.2) is 12.6 Å². The Hall–Kier alpha value is -0.0400. The second-order valence-electron chi connectivity index (χ2n) is 7.07. The molecule has 3 aliphatic rings. The molecule has 1 N–H and O–H groups in total. The summed E-state index contributed by atoms with van der Waals surface area (Å²) in [5.41, 5.74) is 0. The highest BCUT2D eigenvalue weighted by Crippen LogP contribution is 2.44. The van der Waals surface area contributed by atoms with Crippen molar-refractivity contribution in [2.45, 2.75) is 70.8 Å². The normalized spacial score (nSPS) is 39.7. The number of rotatable bonds is 4. The Morgan fingerprint density at radius 2 is 1.71 bits per heavy atom. The first-order chi connectivity index (χ1) is 8.33. The molecule has 17 heavy (non-hydrogen) atoms. The second kappa shape index (κ2) is 5.30. The molecule has 0 saturated heterocycles. The molecule has 3 unspecified atom stereocenters. The van der Waals surface area contributed by atoms with E-state index in [4.69, 9.17) is 0 Å². The van der Waals surface area contributed by atoms with Crippen LogP contribution in [0.3, 0.4) is 0 Å². The summed E-state index contributed by atoms with van der Waals surface area (Å²) in [4.78, 5) is 0. The van der Waals surface area contributed by atoms with Crippen LogP contribution in [0.15, 0.2) is 0 Å². The van der Waals surface area contributed by atoms with Crippen LogP contribution in [0.4, 0.5) is 0 Å². The van der Waals surface area contributed by atoms with Gasteiger partial charge >= 0.3 is 0 Å². The molecule has 0 aromatic carbocycles. The quantitative estimate of drug-likeness (QED) is 0.777. The lowest BCUT2D eigenvalue weighted by Crippen LogP contribution is -2.36. The molecule has 1 nitrogen and oxygen atoms in total. The number of hydrogen-bond acceptors (Lipinski definition) is 1. The van der Waals surface area contributed by atoms with Gasteiger partial charge in [0.15, 0.2) is 0 Å². The monoisotopic (exact) mass is 235 g/mol. The van der Waals surface area contributed by atoms with E-state index in [9.17, 15) is 0 Å². The van der Waals surface area contributed by atoms with Crippen molar-refractivity contribution in [3.63, 3.8) is 0 Å². The zero-order valence-electron chi connectivity index (χ0n) is 11.5. The van der Waals surface area contributed by atoms with Crippen molar-refractivity contribution in [1.82, 2.24) is 5.32 Å². The summed E-state index contributed by atoms with van der Waals surface area (Å²) in [7, 11) is 0. The molecule has 98 valence electrons. The summed E-state index contributed by atoms with van der Waals surface area (Å²) in [5, 5.41) is 3.79. The van der Waals surface area contributed by atoms with Gasteiger partial charge in [-0.25, -0.2) is 0 Å². The van der Waals surface area contributed by atoms with E-state index < -0.39 is 0 Å². The van der Waals surface area contributed by atoms with Crippen molar-refractivity contribution < 1.29 is 0 Å². The Morgan fingerprint density at radius 1 is 0.941 bits per heavy atom. The smallest absolute Gasteiger partial charge is 0.00683 e. The maximum atomic E-state index is 3.79. The minimum absolute atomic E-state index is 0.901. The van der Waals surface area contributed by atoms with E-state index in [1.54, 1.807) is 0 Å². The van der Waals surface area contributed by atoms with Gasteiger partial charge in [0.1, 0.15) is 0 Å². The molecule has 3 atom stereocenters. The number of hydrogen-bond donors (Lipinski definition) is 1. The van der Waals surface area contributed by atoms with E-state index in [-0.39, 0.29) is 0 Å². The molecule has 0 aromatic rings. The van der Waals surface area contributed by atoms with E-state index in [1.807, 2.05) is 0 Å². The summed E-state index contributed by atoms with van der Waals surface area (Å²) < 4.78 is 0. The van der Waals surface area contributed by atoms with Gasteiger partial charge in [-0.3, -0.25) is 0 Å². The lowest BCUT2D eigenvalue weighted by Gasteiger charge is -2.39. The molecular formula is C16H29N. The molecule has 3 aliphatic carbocycles. The predicted octanol–water partition coefficient (Wildman–Crippen LogP) is 3.98. The second-order valence-corrected chi connectivity index (χ2v) is 7.07. The fraction of sp³-hybridized carbons (Fsp3) is 1.00. The minimum atomic E-state index is 0.901. The Labute approximate surface area is 107 Å². The summed E-state index contributed by atoms with van der Waals surface area (Å²) in [5.74, 6) is 4.16. The van der Waals surface area contributed by atoms with Crippen molar-refractivity contribution in [1.29, 1.82) is 0 Å². The third-order valence-corrected chi connectivity index (χ3v) is 5.56. The summed E-state index contributed by atoms with van der Waals surface area (Å²) in [6.45, 7) is 3.81. The number of nitrogens with one attached hydrogen (secondary N) is 1. The Morgan fingerprint density at radius 3 is 2.41 bits per heavy atom. The molecule has 1 heteroatoms. The van der Waals surface area contributed by atoms with Crippen molar-refractivity contribution in [3.05, 3.63) is 0 Å². The van der Waals surface area contributed by atoms with E-state index in [2.05, 4.69) is 12.2 Å². The van der Waals surface area contributed by atoms with Gasteiger partial charge in [0, 0.05) is 6.04 Å². The molecule has 0 bridgehead atoms. The highest BCUT2D eigenvalue weighted by molar-refractivity contribution is 4.89. The zero-order valence-corrected chi connectivity index (χ0v) is 11.5. The summed E-state index contributed by atoms with van der Waals surface area (Å²) in [6, 6.07) is 0.901. The van der Waals surface area contributed by atoms with Crippen molar-refractivity contribution in [3.8, 4) is 0 Å². The Bertz CT molecular complexity index is 240. The van der Waals surface area contributed by atoms with Crippen LogP contribution in [0.25, 0.3) is 0 Å². The van der Waals surface area contributed by atoms with Crippen LogP contribution in [0.5, 0.6) is 0 Å². The molecule has 0 aromatic heterocycles. The zero-order chi connectivity index (χ0) is 11.7. The van der Waals surface area contributed by atoms with Gasteiger partial charge in [-0.15, -0.1) is 0 Å². The van der Waals surface area contributed by atoms with E-state index >= 15 is 0 Å². The van der Waals surface area contributed by atoms with Gasteiger partial charge in [-0.1, -0.05) is 39.0 Å². The summed E-state index contributed by atoms with van der Waals surface area (Å²) >= 11 is 0. The SMILES string of the molecule is CC1CCC(CNC2CC2)C(C2CCCC2)C1. The molecule has 0 spiro atoms. The van der Waals surface area contributed by atoms with Crippen LogP contribution in [0.2, 0.25) is 0 Å². The molecule has 0 heterocycles. The van der Waals surface area contributed by atoms with E-state index in [0.717, 1.165) is 29.7 Å². The summed E-state index contributed by atoms with van der Waals surface area (Å²) in [6.07, 6.45) is 13.5. The van der Waals surface area contributed by atoms with Gasteiger partial charge in [0.05, 0.1) is 0 Å². The molecule has 3 saturated carbocycles. The fourth-order valence-corrected chi connectivity index (χ4v) is 4.31. The third kappa shape index (κ3) is 3.05. The molecule has 3 fully saturated rings.